The number of hydrogen-bond donors (Lipinski definition) is 2. The molecule has 8 nitrogen and oxygen atoms in total. The van der Waals surface area contributed by atoms with Crippen LogP contribution in [0.5, 0.6) is 0 Å². The molecule has 2 N–H and O–H groups in total. The number of benzene rings is 1. The van der Waals surface area contributed by atoms with Crippen molar-refractivity contribution < 1.29 is 17.9 Å². The standard InChI is InChI=1S/C19H18FN5O3S/c20-14-2-1-12(9-15(14)29(27)28)18(26)25-8-7-24(10-19(25)4-5-19)17-13-3-6-21-16(13)22-11-23-17/h1-3,6,9,11H,4-5,7-8,10H2,(H,27,28)(H,21,22,23). The van der Waals surface area contributed by atoms with E-state index in [1.54, 1.807) is 0 Å². The third kappa shape index (κ3) is 2.99. The summed E-state index contributed by atoms with van der Waals surface area (Å²) in [4.78, 5) is 28.5. The maximum absolute atomic E-state index is 13.7. The van der Waals surface area contributed by atoms with Crippen molar-refractivity contribution in [1.82, 2.24) is 19.9 Å². The second-order valence-electron chi connectivity index (χ2n) is 7.43. The second-order valence-corrected chi connectivity index (χ2v) is 8.37. The Bertz CT molecular complexity index is 1150. The number of aromatic nitrogens is 3. The third-order valence-corrected chi connectivity index (χ3v) is 6.41. The fourth-order valence-corrected chi connectivity index (χ4v) is 4.55. The van der Waals surface area contributed by atoms with E-state index in [1.165, 1.54) is 18.5 Å². The van der Waals surface area contributed by atoms with Crippen molar-refractivity contribution in [3.8, 4) is 0 Å². The molecule has 1 aliphatic heterocycles. The van der Waals surface area contributed by atoms with Gasteiger partial charge >= 0.3 is 0 Å². The molecule has 1 aliphatic carbocycles. The predicted octanol–water partition coefficient (Wildman–Crippen LogP) is 2.17. The van der Waals surface area contributed by atoms with E-state index in [0.717, 1.165) is 35.8 Å². The maximum Gasteiger partial charge on any atom is 0.254 e. The molecule has 10 heteroatoms. The number of nitrogens with zero attached hydrogens (tertiary/aromatic N) is 4. The van der Waals surface area contributed by atoms with E-state index in [9.17, 15) is 17.9 Å². The number of nitrogens with one attached hydrogen (secondary N) is 1. The Balaban J connectivity index is 1.42. The lowest BCUT2D eigenvalue weighted by Gasteiger charge is -2.43. The van der Waals surface area contributed by atoms with E-state index in [-0.39, 0.29) is 21.9 Å². The molecule has 5 rings (SSSR count). The topological polar surface area (TPSA) is 102 Å². The second kappa shape index (κ2) is 6.60. The molecule has 1 atom stereocenters. The van der Waals surface area contributed by atoms with Crippen LogP contribution in [-0.2, 0) is 11.1 Å². The minimum atomic E-state index is -2.49. The number of hydrogen-bond acceptors (Lipinski definition) is 5. The van der Waals surface area contributed by atoms with Gasteiger partial charge in [-0.25, -0.2) is 18.6 Å². The number of aromatic amines is 1. The quantitative estimate of drug-likeness (QED) is 0.636. The van der Waals surface area contributed by atoms with Crippen molar-refractivity contribution in [3.63, 3.8) is 0 Å². The summed E-state index contributed by atoms with van der Waals surface area (Å²) in [5, 5.41) is 0.941. The summed E-state index contributed by atoms with van der Waals surface area (Å²) in [7, 11) is 0. The van der Waals surface area contributed by atoms with Crippen molar-refractivity contribution in [2.24, 2.45) is 0 Å². The van der Waals surface area contributed by atoms with E-state index in [1.807, 2.05) is 17.2 Å². The van der Waals surface area contributed by atoms with Crippen molar-refractivity contribution in [2.75, 3.05) is 24.5 Å². The number of halogens is 1. The van der Waals surface area contributed by atoms with Gasteiger partial charge in [0, 0.05) is 31.4 Å². The molecule has 1 aromatic carbocycles. The van der Waals surface area contributed by atoms with E-state index >= 15 is 0 Å². The number of carbonyl (C=O) groups excluding carboxylic acids is 1. The molecule has 2 aliphatic rings. The molecule has 0 radical (unpaired) electrons. The molecule has 0 bridgehead atoms. The van der Waals surface area contributed by atoms with E-state index in [2.05, 4.69) is 19.9 Å². The van der Waals surface area contributed by atoms with Crippen molar-refractivity contribution >= 4 is 33.8 Å². The molecule has 1 amide bonds. The Morgan fingerprint density at radius 3 is 2.83 bits per heavy atom. The summed E-state index contributed by atoms with van der Waals surface area (Å²) in [6, 6.07) is 5.54. The first-order chi connectivity index (χ1) is 14.0. The van der Waals surface area contributed by atoms with Gasteiger partial charge in [-0.05, 0) is 37.1 Å². The summed E-state index contributed by atoms with van der Waals surface area (Å²) >= 11 is -2.49. The molecule has 150 valence electrons. The largest absolute Gasteiger partial charge is 0.352 e. The summed E-state index contributed by atoms with van der Waals surface area (Å²) in [6.45, 7) is 1.74. The van der Waals surface area contributed by atoms with Gasteiger partial charge in [-0.3, -0.25) is 4.79 Å². The number of fused-ring (bicyclic) bond motifs is 1. The Hall–Kier alpha value is -2.85. The summed E-state index contributed by atoms with van der Waals surface area (Å²) in [5.74, 6) is -0.203. The third-order valence-electron chi connectivity index (χ3n) is 5.72. The molecule has 1 spiro atoms. The highest BCUT2D eigenvalue weighted by Crippen LogP contribution is 2.46. The summed E-state index contributed by atoms with van der Waals surface area (Å²) < 4.78 is 34.3. The van der Waals surface area contributed by atoms with Gasteiger partial charge < -0.3 is 19.3 Å². The minimum absolute atomic E-state index is 0.221. The van der Waals surface area contributed by atoms with Crippen molar-refractivity contribution in [2.45, 2.75) is 23.3 Å². The molecule has 2 fully saturated rings. The normalized spacial score (nSPS) is 19.0. The molecule has 29 heavy (non-hydrogen) atoms. The highest BCUT2D eigenvalue weighted by Gasteiger charge is 2.53. The van der Waals surface area contributed by atoms with E-state index in [4.69, 9.17) is 0 Å². The first-order valence-electron chi connectivity index (χ1n) is 9.24. The summed E-state index contributed by atoms with van der Waals surface area (Å²) in [6.07, 6.45) is 5.10. The first-order valence-corrected chi connectivity index (χ1v) is 10.3. The minimum Gasteiger partial charge on any atom is -0.352 e. The van der Waals surface area contributed by atoms with Gasteiger partial charge in [-0.1, -0.05) is 0 Å². The Morgan fingerprint density at radius 1 is 1.24 bits per heavy atom. The van der Waals surface area contributed by atoms with Gasteiger partial charge in [-0.2, -0.15) is 0 Å². The molecule has 2 aromatic heterocycles. The van der Waals surface area contributed by atoms with Crippen molar-refractivity contribution in [3.05, 3.63) is 48.2 Å². The van der Waals surface area contributed by atoms with Crippen LogP contribution in [0.25, 0.3) is 11.0 Å². The first kappa shape index (κ1) is 18.2. The van der Waals surface area contributed by atoms with Crippen LogP contribution < -0.4 is 4.90 Å². The number of piperazine rings is 1. The molecular formula is C19H18FN5O3S. The number of H-pyrrole nitrogens is 1. The number of anilines is 1. The SMILES string of the molecule is O=C(c1ccc(F)c(S(=O)O)c1)N1CCN(c2ncnc3[nH]ccc23)CC12CC2. The molecule has 1 unspecified atom stereocenters. The fourth-order valence-electron chi connectivity index (χ4n) is 4.08. The van der Waals surface area contributed by atoms with Crippen LogP contribution >= 0.6 is 0 Å². The van der Waals surface area contributed by atoms with Gasteiger partial charge in [0.2, 0.25) is 0 Å². The molecule has 3 aromatic rings. The van der Waals surface area contributed by atoms with Gasteiger partial charge in [0.1, 0.15) is 28.5 Å². The van der Waals surface area contributed by atoms with Gasteiger partial charge in [0.15, 0.2) is 11.1 Å². The molecule has 3 heterocycles. The van der Waals surface area contributed by atoms with Crippen molar-refractivity contribution in [1.29, 1.82) is 0 Å². The van der Waals surface area contributed by atoms with Gasteiger partial charge in [0.25, 0.3) is 5.91 Å². The highest BCUT2D eigenvalue weighted by molar-refractivity contribution is 7.79. The average Bonchev–Trinajstić information content (AvgIpc) is 3.29. The summed E-state index contributed by atoms with van der Waals surface area (Å²) in [5.41, 5.74) is 0.698. The predicted molar refractivity (Wildman–Crippen MR) is 105 cm³/mol. The van der Waals surface area contributed by atoms with Crippen LogP contribution in [0.1, 0.15) is 23.2 Å². The Labute approximate surface area is 168 Å². The van der Waals surface area contributed by atoms with E-state index < -0.39 is 16.9 Å². The van der Waals surface area contributed by atoms with Crippen LogP contribution in [0, 0.1) is 5.82 Å². The zero-order valence-corrected chi connectivity index (χ0v) is 16.2. The zero-order valence-electron chi connectivity index (χ0n) is 15.3. The van der Waals surface area contributed by atoms with Gasteiger partial charge in [-0.15, -0.1) is 0 Å². The molecular weight excluding hydrogens is 397 g/mol. The van der Waals surface area contributed by atoms with Crippen LogP contribution in [-0.4, -0.2) is 59.7 Å². The lowest BCUT2D eigenvalue weighted by molar-refractivity contribution is 0.0624. The van der Waals surface area contributed by atoms with Crippen LogP contribution in [0.2, 0.25) is 0 Å². The monoisotopic (exact) mass is 415 g/mol. The lowest BCUT2D eigenvalue weighted by atomic mass is 10.1. The van der Waals surface area contributed by atoms with Crippen LogP contribution in [0.15, 0.2) is 41.7 Å². The van der Waals surface area contributed by atoms with Gasteiger partial charge in [0.05, 0.1) is 10.9 Å². The highest BCUT2D eigenvalue weighted by atomic mass is 32.2. The number of carbonyl (C=O) groups is 1. The van der Waals surface area contributed by atoms with E-state index in [0.29, 0.717) is 19.6 Å². The van der Waals surface area contributed by atoms with Crippen LogP contribution in [0.3, 0.4) is 0 Å². The number of amides is 1. The fraction of sp³-hybridized carbons (Fsp3) is 0.316. The molecule has 1 saturated heterocycles. The zero-order chi connectivity index (χ0) is 20.2. The smallest absolute Gasteiger partial charge is 0.254 e. The Morgan fingerprint density at radius 2 is 2.07 bits per heavy atom. The maximum atomic E-state index is 13.7. The molecule has 1 saturated carbocycles. The number of rotatable bonds is 3. The van der Waals surface area contributed by atoms with Crippen LogP contribution in [0.4, 0.5) is 10.2 Å². The Kier molecular flexibility index (Phi) is 4.14. The average molecular weight is 415 g/mol. The lowest BCUT2D eigenvalue weighted by Crippen LogP contribution is -2.57.